The zero-order valence-corrected chi connectivity index (χ0v) is 9.07. The minimum absolute atomic E-state index is 0. The van der Waals surface area contributed by atoms with E-state index in [1.54, 1.807) is 35.4 Å². The van der Waals surface area contributed by atoms with Crippen molar-refractivity contribution in [2.45, 2.75) is 0 Å². The van der Waals surface area contributed by atoms with Crippen LogP contribution in [0.1, 0.15) is 10.4 Å². The lowest BCUT2D eigenvalue weighted by atomic mass is 10.3. The molecule has 0 unspecified atom stereocenters. The average Bonchev–Trinajstić information content (AvgIpc) is 2.71. The molecule has 2 rings (SSSR count). The summed E-state index contributed by atoms with van der Waals surface area (Å²) in [6.45, 7) is 0. The Kier molecular flexibility index (Phi) is 3.82. The van der Waals surface area contributed by atoms with Crippen LogP contribution in [0.3, 0.4) is 0 Å². The van der Waals surface area contributed by atoms with E-state index < -0.39 is 5.24 Å². The molecule has 2 aromatic rings. The first-order valence-electron chi connectivity index (χ1n) is 3.91. The molecule has 0 amide bonds. The molecule has 0 aliphatic rings. The quantitative estimate of drug-likeness (QED) is 0.759. The monoisotopic (exact) mass is 243 g/mol. The standard InChI is InChI=1S/C9H6ClN3O.ClH/c10-9(14)7-1-2-12-8(5-7)13-4-3-11-6-13;/h1-6H;1H. The van der Waals surface area contributed by atoms with Gasteiger partial charge in [-0.05, 0) is 23.7 Å². The maximum atomic E-state index is 10.9. The van der Waals surface area contributed by atoms with Gasteiger partial charge in [0, 0.05) is 24.2 Å². The number of halogens is 2. The molecule has 0 fully saturated rings. The highest BCUT2D eigenvalue weighted by Crippen LogP contribution is 2.08. The van der Waals surface area contributed by atoms with Gasteiger partial charge in [0.25, 0.3) is 5.24 Å². The third-order valence-electron chi connectivity index (χ3n) is 1.74. The van der Waals surface area contributed by atoms with Gasteiger partial charge in [0.1, 0.15) is 12.1 Å². The van der Waals surface area contributed by atoms with Gasteiger partial charge in [0.15, 0.2) is 0 Å². The van der Waals surface area contributed by atoms with Crippen molar-refractivity contribution < 1.29 is 4.79 Å². The Balaban J connectivity index is 0.00000112. The fourth-order valence-electron chi connectivity index (χ4n) is 1.08. The largest absolute Gasteiger partial charge is 0.291 e. The van der Waals surface area contributed by atoms with Crippen molar-refractivity contribution in [1.29, 1.82) is 0 Å². The number of carbonyl (C=O) groups excluding carboxylic acids is 1. The molecule has 0 atom stereocenters. The zero-order chi connectivity index (χ0) is 9.97. The first kappa shape index (κ1) is 11.7. The van der Waals surface area contributed by atoms with Gasteiger partial charge in [-0.2, -0.15) is 0 Å². The Morgan fingerprint density at radius 2 is 2.20 bits per heavy atom. The molecule has 2 aromatic heterocycles. The number of carbonyl (C=O) groups is 1. The molecule has 0 N–H and O–H groups in total. The number of nitrogens with zero attached hydrogens (tertiary/aromatic N) is 3. The average molecular weight is 244 g/mol. The van der Waals surface area contributed by atoms with E-state index in [4.69, 9.17) is 11.6 Å². The van der Waals surface area contributed by atoms with Crippen LogP contribution < -0.4 is 0 Å². The van der Waals surface area contributed by atoms with E-state index in [-0.39, 0.29) is 12.4 Å². The number of imidazole rings is 1. The summed E-state index contributed by atoms with van der Waals surface area (Å²) in [6, 6.07) is 3.17. The summed E-state index contributed by atoms with van der Waals surface area (Å²) >= 11 is 5.34. The van der Waals surface area contributed by atoms with Gasteiger partial charge in [0.05, 0.1) is 0 Å². The van der Waals surface area contributed by atoms with Crippen LogP contribution in [-0.4, -0.2) is 19.8 Å². The molecule has 78 valence electrons. The van der Waals surface area contributed by atoms with Crippen LogP contribution in [-0.2, 0) is 0 Å². The lowest BCUT2D eigenvalue weighted by molar-refractivity contribution is 0.108. The maximum absolute atomic E-state index is 10.9. The van der Waals surface area contributed by atoms with Crippen molar-refractivity contribution in [2.24, 2.45) is 0 Å². The third-order valence-corrected chi connectivity index (χ3v) is 1.96. The van der Waals surface area contributed by atoms with E-state index in [2.05, 4.69) is 9.97 Å². The van der Waals surface area contributed by atoms with Crippen LogP contribution in [0, 0.1) is 0 Å². The highest BCUT2D eigenvalue weighted by atomic mass is 35.5. The molecule has 0 saturated heterocycles. The summed E-state index contributed by atoms with van der Waals surface area (Å²) in [6.07, 6.45) is 6.51. The normalized spacial score (nSPS) is 9.40. The molecule has 2 heterocycles. The molecule has 0 radical (unpaired) electrons. The molecular weight excluding hydrogens is 237 g/mol. The predicted octanol–water partition coefficient (Wildman–Crippen LogP) is 2.07. The highest BCUT2D eigenvalue weighted by molar-refractivity contribution is 6.67. The molecule has 6 heteroatoms. The Labute approximate surface area is 97.3 Å². The van der Waals surface area contributed by atoms with Crippen LogP contribution >= 0.6 is 24.0 Å². The van der Waals surface area contributed by atoms with E-state index in [1.165, 1.54) is 6.20 Å². The summed E-state index contributed by atoms with van der Waals surface area (Å²) in [5, 5.41) is -0.492. The molecule has 15 heavy (non-hydrogen) atoms. The maximum Gasteiger partial charge on any atom is 0.252 e. The van der Waals surface area contributed by atoms with Crippen LogP contribution in [0.5, 0.6) is 0 Å². The van der Waals surface area contributed by atoms with Crippen LogP contribution in [0.2, 0.25) is 0 Å². The van der Waals surface area contributed by atoms with Crippen molar-refractivity contribution in [1.82, 2.24) is 14.5 Å². The Morgan fingerprint density at radius 1 is 1.40 bits per heavy atom. The van der Waals surface area contributed by atoms with E-state index in [0.717, 1.165) is 0 Å². The smallest absolute Gasteiger partial charge is 0.252 e. The second-order valence-corrected chi connectivity index (χ2v) is 2.99. The van der Waals surface area contributed by atoms with Crippen molar-refractivity contribution >= 4 is 29.3 Å². The molecule has 0 aromatic carbocycles. The summed E-state index contributed by atoms with van der Waals surface area (Å²) in [5.74, 6) is 0.619. The molecule has 0 spiro atoms. The Hall–Kier alpha value is -1.39. The zero-order valence-electron chi connectivity index (χ0n) is 7.50. The van der Waals surface area contributed by atoms with Gasteiger partial charge >= 0.3 is 0 Å². The van der Waals surface area contributed by atoms with Gasteiger partial charge in [-0.3, -0.25) is 9.36 Å². The predicted molar refractivity (Wildman–Crippen MR) is 58.8 cm³/mol. The topological polar surface area (TPSA) is 47.8 Å². The number of aromatic nitrogens is 3. The van der Waals surface area contributed by atoms with Crippen LogP contribution in [0.25, 0.3) is 5.82 Å². The highest BCUT2D eigenvalue weighted by Gasteiger charge is 2.03. The molecule has 0 aliphatic heterocycles. The fourth-order valence-corrected chi connectivity index (χ4v) is 1.19. The number of hydrogen-bond acceptors (Lipinski definition) is 3. The third kappa shape index (κ3) is 2.55. The minimum atomic E-state index is -0.492. The first-order chi connectivity index (χ1) is 6.77. The van der Waals surface area contributed by atoms with E-state index in [1.807, 2.05) is 0 Å². The summed E-state index contributed by atoms with van der Waals surface area (Å²) in [7, 11) is 0. The van der Waals surface area contributed by atoms with Crippen molar-refractivity contribution in [3.63, 3.8) is 0 Å². The number of pyridine rings is 1. The Bertz CT molecular complexity index is 456. The van der Waals surface area contributed by atoms with Crippen molar-refractivity contribution in [2.75, 3.05) is 0 Å². The first-order valence-corrected chi connectivity index (χ1v) is 4.29. The van der Waals surface area contributed by atoms with E-state index >= 15 is 0 Å². The van der Waals surface area contributed by atoms with E-state index in [9.17, 15) is 4.79 Å². The lowest BCUT2D eigenvalue weighted by Gasteiger charge is -2.00. The summed E-state index contributed by atoms with van der Waals surface area (Å²) in [5.41, 5.74) is 0.422. The fraction of sp³-hybridized carbons (Fsp3) is 0. The lowest BCUT2D eigenvalue weighted by Crippen LogP contribution is -1.97. The van der Waals surface area contributed by atoms with Gasteiger partial charge in [-0.15, -0.1) is 12.4 Å². The second kappa shape index (κ2) is 4.91. The van der Waals surface area contributed by atoms with Gasteiger partial charge in [-0.25, -0.2) is 9.97 Å². The molecular formula is C9H7Cl2N3O. The summed E-state index contributed by atoms with van der Waals surface area (Å²) < 4.78 is 1.70. The van der Waals surface area contributed by atoms with Gasteiger partial charge in [-0.1, -0.05) is 0 Å². The van der Waals surface area contributed by atoms with Gasteiger partial charge in [0.2, 0.25) is 0 Å². The number of hydrogen-bond donors (Lipinski definition) is 0. The summed E-state index contributed by atoms with van der Waals surface area (Å²) in [4.78, 5) is 18.8. The molecule has 0 aliphatic carbocycles. The van der Waals surface area contributed by atoms with Crippen molar-refractivity contribution in [3.8, 4) is 5.82 Å². The van der Waals surface area contributed by atoms with Crippen molar-refractivity contribution in [3.05, 3.63) is 42.6 Å². The minimum Gasteiger partial charge on any atom is -0.291 e. The van der Waals surface area contributed by atoms with Crippen LogP contribution in [0.4, 0.5) is 0 Å². The SMILES string of the molecule is Cl.O=C(Cl)c1ccnc(-n2ccnc2)c1. The molecule has 0 bridgehead atoms. The van der Waals surface area contributed by atoms with Gasteiger partial charge < -0.3 is 0 Å². The Morgan fingerprint density at radius 3 is 2.80 bits per heavy atom. The van der Waals surface area contributed by atoms with Crippen LogP contribution in [0.15, 0.2) is 37.1 Å². The molecule has 0 saturated carbocycles. The second-order valence-electron chi connectivity index (χ2n) is 2.65. The molecule has 4 nitrogen and oxygen atoms in total. The number of rotatable bonds is 2. The van der Waals surface area contributed by atoms with E-state index in [0.29, 0.717) is 11.4 Å².